The number of rotatable bonds is 2. The van der Waals surface area contributed by atoms with E-state index < -0.39 is 0 Å². The van der Waals surface area contributed by atoms with Gasteiger partial charge in [-0.15, -0.1) is 0 Å². The summed E-state index contributed by atoms with van der Waals surface area (Å²) in [4.78, 5) is 14.7. The fourth-order valence-electron chi connectivity index (χ4n) is 4.44. The van der Waals surface area contributed by atoms with Gasteiger partial charge in [-0.1, -0.05) is 84.9 Å². The SMILES string of the molecule is C[NH+]1C/C(=C\c2cccc3ccccc23)C(=O)/C(=C/c2cccc3ccccc23)C1. The predicted molar refractivity (Wildman–Crippen MR) is 125 cm³/mol. The van der Waals surface area contributed by atoms with E-state index in [1.165, 1.54) is 26.4 Å². The van der Waals surface area contributed by atoms with Crippen molar-refractivity contribution in [3.05, 3.63) is 107 Å². The van der Waals surface area contributed by atoms with Crippen LogP contribution in [0.15, 0.2) is 96.1 Å². The number of carbonyl (C=O) groups is 1. The molecule has 4 aromatic rings. The molecule has 0 saturated carbocycles. The Kier molecular flexibility index (Phi) is 4.78. The second-order valence-corrected chi connectivity index (χ2v) is 8.12. The number of carbonyl (C=O) groups excluding carboxylic acids is 1. The van der Waals surface area contributed by atoms with Gasteiger partial charge in [0.2, 0.25) is 0 Å². The lowest BCUT2D eigenvalue weighted by atomic mass is 9.92. The van der Waals surface area contributed by atoms with Crippen molar-refractivity contribution in [2.45, 2.75) is 0 Å². The third-order valence-electron chi connectivity index (χ3n) is 5.87. The van der Waals surface area contributed by atoms with E-state index in [4.69, 9.17) is 0 Å². The Morgan fingerprint density at radius 1 is 0.633 bits per heavy atom. The van der Waals surface area contributed by atoms with Crippen molar-refractivity contribution in [1.29, 1.82) is 0 Å². The number of likely N-dealkylation sites (N-methyl/N-ethyl adjacent to an activating group) is 1. The highest BCUT2D eigenvalue weighted by atomic mass is 16.1. The van der Waals surface area contributed by atoms with E-state index in [2.05, 4.69) is 92.0 Å². The standard InChI is InChI=1S/C28H23NO/c1-29-18-24(16-22-12-6-10-20-8-2-4-14-26(20)22)28(30)25(19-29)17-23-13-7-11-21-9-3-5-15-27(21)23/h2-17H,18-19H2,1H3/p+1/b24-16+,25-17+. The van der Waals surface area contributed by atoms with Gasteiger partial charge in [0.25, 0.3) is 0 Å². The van der Waals surface area contributed by atoms with Crippen LogP contribution in [-0.4, -0.2) is 25.9 Å². The Morgan fingerprint density at radius 2 is 1.07 bits per heavy atom. The summed E-state index contributed by atoms with van der Waals surface area (Å²) in [6.07, 6.45) is 4.18. The normalized spacial score (nSPS) is 19.8. The molecule has 4 aromatic carbocycles. The summed E-state index contributed by atoms with van der Waals surface area (Å²) >= 11 is 0. The number of likely N-dealkylation sites (tertiary alicyclic amines) is 1. The maximum atomic E-state index is 13.4. The Morgan fingerprint density at radius 3 is 1.57 bits per heavy atom. The molecule has 2 heteroatoms. The Balaban J connectivity index is 1.58. The first-order valence-corrected chi connectivity index (χ1v) is 10.4. The van der Waals surface area contributed by atoms with Crippen LogP contribution in [0.3, 0.4) is 0 Å². The fourth-order valence-corrected chi connectivity index (χ4v) is 4.44. The van der Waals surface area contributed by atoms with Gasteiger partial charge in [-0.2, -0.15) is 0 Å². The summed E-state index contributed by atoms with van der Waals surface area (Å²) in [5.74, 6) is 0.168. The zero-order valence-corrected chi connectivity index (χ0v) is 17.1. The summed E-state index contributed by atoms with van der Waals surface area (Å²) in [5, 5.41) is 4.76. The first-order chi connectivity index (χ1) is 14.7. The molecule has 146 valence electrons. The van der Waals surface area contributed by atoms with Gasteiger partial charge in [-0.05, 0) is 44.8 Å². The topological polar surface area (TPSA) is 21.5 Å². The number of quaternary nitrogens is 1. The molecule has 0 bridgehead atoms. The zero-order valence-electron chi connectivity index (χ0n) is 17.1. The average molecular weight is 391 g/mol. The third-order valence-corrected chi connectivity index (χ3v) is 5.87. The molecule has 1 aliphatic rings. The monoisotopic (exact) mass is 390 g/mol. The predicted octanol–water partition coefficient (Wildman–Crippen LogP) is 4.56. The molecule has 0 radical (unpaired) electrons. The van der Waals surface area contributed by atoms with Crippen molar-refractivity contribution in [1.82, 2.24) is 0 Å². The number of hydrogen-bond donors (Lipinski definition) is 1. The van der Waals surface area contributed by atoms with Crippen LogP contribution >= 0.6 is 0 Å². The molecule has 0 atom stereocenters. The molecule has 0 unspecified atom stereocenters. The van der Waals surface area contributed by atoms with Gasteiger partial charge in [-0.3, -0.25) is 4.79 Å². The van der Waals surface area contributed by atoms with Gasteiger partial charge in [0.15, 0.2) is 5.78 Å². The van der Waals surface area contributed by atoms with Gasteiger partial charge in [0.1, 0.15) is 13.1 Å². The molecule has 0 amide bonds. The first-order valence-electron chi connectivity index (χ1n) is 10.4. The maximum absolute atomic E-state index is 13.4. The summed E-state index contributed by atoms with van der Waals surface area (Å²) in [6, 6.07) is 29.2. The lowest BCUT2D eigenvalue weighted by Gasteiger charge is -2.23. The number of ketones is 1. The molecule has 1 aliphatic heterocycles. The maximum Gasteiger partial charge on any atom is 0.196 e. The second-order valence-electron chi connectivity index (χ2n) is 8.12. The minimum atomic E-state index is 0.168. The van der Waals surface area contributed by atoms with Crippen molar-refractivity contribution < 1.29 is 9.69 Å². The van der Waals surface area contributed by atoms with Gasteiger partial charge in [-0.25, -0.2) is 0 Å². The smallest absolute Gasteiger partial charge is 0.196 e. The van der Waals surface area contributed by atoms with Crippen molar-refractivity contribution in [2.75, 3.05) is 20.1 Å². The van der Waals surface area contributed by atoms with E-state index in [0.29, 0.717) is 0 Å². The van der Waals surface area contributed by atoms with Crippen LogP contribution in [0, 0.1) is 0 Å². The summed E-state index contributed by atoms with van der Waals surface area (Å²) in [5.41, 5.74) is 3.97. The molecule has 2 nitrogen and oxygen atoms in total. The van der Waals surface area contributed by atoms with Crippen molar-refractivity contribution in [2.24, 2.45) is 0 Å². The van der Waals surface area contributed by atoms with Crippen LogP contribution in [0.2, 0.25) is 0 Å². The highest BCUT2D eigenvalue weighted by Gasteiger charge is 2.27. The molecule has 1 N–H and O–H groups in total. The summed E-state index contributed by atoms with van der Waals surface area (Å²) in [7, 11) is 2.15. The van der Waals surface area contributed by atoms with Crippen LogP contribution in [0.5, 0.6) is 0 Å². The van der Waals surface area contributed by atoms with E-state index in [-0.39, 0.29) is 5.78 Å². The van der Waals surface area contributed by atoms with E-state index in [0.717, 1.165) is 35.4 Å². The van der Waals surface area contributed by atoms with E-state index in [1.807, 2.05) is 12.1 Å². The molecule has 0 aliphatic carbocycles. The molecular weight excluding hydrogens is 366 g/mol. The zero-order chi connectivity index (χ0) is 20.5. The molecule has 5 rings (SSSR count). The number of nitrogens with one attached hydrogen (secondary N) is 1. The Labute approximate surface area is 176 Å². The molecule has 0 aromatic heterocycles. The van der Waals surface area contributed by atoms with Gasteiger partial charge in [0.05, 0.1) is 18.2 Å². The first kappa shape index (κ1) is 18.5. The molecule has 30 heavy (non-hydrogen) atoms. The third kappa shape index (κ3) is 3.47. The number of Topliss-reactive ketones (excluding diaryl/α,β-unsaturated/α-hetero) is 1. The van der Waals surface area contributed by atoms with Crippen molar-refractivity contribution >= 4 is 39.5 Å². The Bertz CT molecular complexity index is 1220. The van der Waals surface area contributed by atoms with Gasteiger partial charge < -0.3 is 4.90 Å². The number of piperidine rings is 1. The van der Waals surface area contributed by atoms with E-state index in [1.54, 1.807) is 0 Å². The van der Waals surface area contributed by atoms with E-state index in [9.17, 15) is 4.79 Å². The molecule has 1 heterocycles. The number of hydrogen-bond acceptors (Lipinski definition) is 1. The lowest BCUT2D eigenvalue weighted by Crippen LogP contribution is -3.10. The minimum Gasteiger partial charge on any atom is -0.330 e. The van der Waals surface area contributed by atoms with Crippen LogP contribution in [0.1, 0.15) is 11.1 Å². The largest absolute Gasteiger partial charge is 0.330 e. The van der Waals surface area contributed by atoms with Crippen LogP contribution in [0.25, 0.3) is 33.7 Å². The quantitative estimate of drug-likeness (QED) is 0.498. The summed E-state index contributed by atoms with van der Waals surface area (Å²) in [6.45, 7) is 1.49. The van der Waals surface area contributed by atoms with Crippen LogP contribution in [-0.2, 0) is 4.79 Å². The number of benzene rings is 4. The van der Waals surface area contributed by atoms with Crippen LogP contribution < -0.4 is 4.90 Å². The highest BCUT2D eigenvalue weighted by molar-refractivity contribution is 6.15. The highest BCUT2D eigenvalue weighted by Crippen LogP contribution is 2.24. The fraction of sp³-hybridized carbons (Fsp3) is 0.107. The van der Waals surface area contributed by atoms with Gasteiger partial charge >= 0.3 is 0 Å². The molecular formula is C28H24NO+. The minimum absolute atomic E-state index is 0.168. The lowest BCUT2D eigenvalue weighted by molar-refractivity contribution is -0.870. The molecule has 1 fully saturated rings. The van der Waals surface area contributed by atoms with Crippen molar-refractivity contribution in [3.63, 3.8) is 0 Å². The number of fused-ring (bicyclic) bond motifs is 2. The van der Waals surface area contributed by atoms with Crippen molar-refractivity contribution in [3.8, 4) is 0 Å². The molecule has 1 saturated heterocycles. The van der Waals surface area contributed by atoms with Crippen LogP contribution in [0.4, 0.5) is 0 Å². The van der Waals surface area contributed by atoms with Gasteiger partial charge in [0, 0.05) is 0 Å². The average Bonchev–Trinajstić information content (AvgIpc) is 2.77. The Hall–Kier alpha value is -3.49. The summed E-state index contributed by atoms with van der Waals surface area (Å²) < 4.78 is 0. The molecule has 0 spiro atoms. The van der Waals surface area contributed by atoms with E-state index >= 15 is 0 Å². The second kappa shape index (κ2) is 7.74.